The summed E-state index contributed by atoms with van der Waals surface area (Å²) in [6.07, 6.45) is 5.13. The topological polar surface area (TPSA) is 175 Å². The van der Waals surface area contributed by atoms with Crippen LogP contribution in [0.1, 0.15) is 79.7 Å². The Balaban J connectivity index is 1.39. The molecule has 0 spiro atoms. The second kappa shape index (κ2) is 12.2. The third-order valence-corrected chi connectivity index (χ3v) is 9.44. The van der Waals surface area contributed by atoms with E-state index >= 15 is 0 Å². The first kappa shape index (κ1) is 29.0. The molecule has 6 rings (SSSR count). The van der Waals surface area contributed by atoms with Crippen molar-refractivity contribution in [3.63, 3.8) is 0 Å². The largest absolute Gasteiger partial charge is 0.387 e. The summed E-state index contributed by atoms with van der Waals surface area (Å²) < 4.78 is 30.6. The minimum atomic E-state index is -1.46. The molecule has 2 aliphatic carbocycles. The van der Waals surface area contributed by atoms with Gasteiger partial charge in [-0.3, -0.25) is 0 Å². The van der Waals surface area contributed by atoms with Gasteiger partial charge < -0.3 is 28.8 Å². The van der Waals surface area contributed by atoms with Crippen LogP contribution < -0.4 is 0 Å². The Hall–Kier alpha value is -2.13. The number of rotatable bonds is 9. The van der Waals surface area contributed by atoms with Crippen molar-refractivity contribution in [2.75, 3.05) is 19.8 Å². The minimum Gasteiger partial charge on any atom is -0.387 e. The van der Waals surface area contributed by atoms with Crippen molar-refractivity contribution in [3.8, 4) is 0 Å². The average molecular weight is 587 g/mol. The van der Waals surface area contributed by atoms with E-state index < -0.39 is 36.2 Å². The van der Waals surface area contributed by atoms with Gasteiger partial charge in [0.05, 0.1) is 18.0 Å². The Morgan fingerprint density at radius 2 is 1.71 bits per heavy atom. The Morgan fingerprint density at radius 1 is 0.976 bits per heavy atom. The summed E-state index contributed by atoms with van der Waals surface area (Å²) in [4.78, 5) is 0. The number of benzene rings is 1. The van der Waals surface area contributed by atoms with Crippen LogP contribution in [0.3, 0.4) is 0 Å². The SMILES string of the molecule is N=Nc1cc(N=N)c2c3c1C(S)CCCC3=CC2(N=N)[C@@H]1O[C@H](COC2CCCCO2)[C@@H](OC2CCCCO2)[C@@H]1O. The summed E-state index contributed by atoms with van der Waals surface area (Å²) in [5.41, 5.74) is 26.4. The Kier molecular flexibility index (Phi) is 8.64. The third-order valence-electron chi connectivity index (χ3n) is 8.92. The Labute approximate surface area is 244 Å². The molecule has 3 heterocycles. The molecule has 4 unspecified atom stereocenters. The van der Waals surface area contributed by atoms with Crippen molar-refractivity contribution in [2.24, 2.45) is 15.3 Å². The lowest BCUT2D eigenvalue weighted by atomic mass is 9.81. The second-order valence-corrected chi connectivity index (χ2v) is 12.1. The van der Waals surface area contributed by atoms with Gasteiger partial charge in [0, 0.05) is 29.6 Å². The lowest BCUT2D eigenvalue weighted by Crippen LogP contribution is -2.46. The lowest BCUT2D eigenvalue weighted by Gasteiger charge is -2.33. The van der Waals surface area contributed by atoms with Gasteiger partial charge in [0.15, 0.2) is 18.1 Å². The number of hydrogen-bond donors (Lipinski definition) is 5. The summed E-state index contributed by atoms with van der Waals surface area (Å²) in [6, 6.07) is 1.58. The van der Waals surface area contributed by atoms with E-state index in [2.05, 4.69) is 15.3 Å². The fourth-order valence-electron chi connectivity index (χ4n) is 6.98. The quantitative estimate of drug-likeness (QED) is 0.166. The average Bonchev–Trinajstić information content (AvgIpc) is 3.45. The first-order chi connectivity index (χ1) is 20.0. The number of ether oxygens (including phenoxy) is 5. The van der Waals surface area contributed by atoms with Crippen molar-refractivity contribution in [1.29, 1.82) is 16.6 Å². The van der Waals surface area contributed by atoms with E-state index in [9.17, 15) is 5.11 Å². The smallest absolute Gasteiger partial charge is 0.158 e. The van der Waals surface area contributed by atoms with Crippen LogP contribution in [0.4, 0.5) is 11.4 Å². The highest BCUT2D eigenvalue weighted by atomic mass is 32.1. The van der Waals surface area contributed by atoms with E-state index in [1.54, 1.807) is 6.07 Å². The van der Waals surface area contributed by atoms with Crippen molar-refractivity contribution in [3.05, 3.63) is 28.8 Å². The number of aliphatic hydroxyl groups is 1. The van der Waals surface area contributed by atoms with Crippen LogP contribution in [-0.2, 0) is 29.2 Å². The monoisotopic (exact) mass is 586 g/mol. The summed E-state index contributed by atoms with van der Waals surface area (Å²) in [7, 11) is 0. The van der Waals surface area contributed by atoms with Gasteiger partial charge in [0.2, 0.25) is 0 Å². The number of thiol groups is 1. The van der Waals surface area contributed by atoms with Gasteiger partial charge in [-0.2, -0.15) is 28.0 Å². The van der Waals surface area contributed by atoms with Crippen molar-refractivity contribution < 1.29 is 28.8 Å². The zero-order chi connectivity index (χ0) is 28.6. The van der Waals surface area contributed by atoms with E-state index in [0.29, 0.717) is 37.3 Å². The highest BCUT2D eigenvalue weighted by Crippen LogP contribution is 2.58. The molecule has 3 saturated heterocycles. The fourth-order valence-corrected chi connectivity index (χ4v) is 7.43. The molecule has 5 aliphatic rings. The maximum Gasteiger partial charge on any atom is 0.158 e. The molecule has 0 bridgehead atoms. The van der Waals surface area contributed by atoms with Crippen molar-refractivity contribution in [2.45, 2.75) is 106 Å². The van der Waals surface area contributed by atoms with Crippen LogP contribution in [0, 0.1) is 16.6 Å². The fraction of sp³-hybridized carbons (Fsp3) is 0.714. The predicted molar refractivity (Wildman–Crippen MR) is 149 cm³/mol. The second-order valence-electron chi connectivity index (χ2n) is 11.4. The van der Waals surface area contributed by atoms with Gasteiger partial charge in [0.25, 0.3) is 0 Å². The number of nitrogens with zero attached hydrogens (tertiary/aromatic N) is 3. The highest BCUT2D eigenvalue weighted by molar-refractivity contribution is 7.80. The maximum atomic E-state index is 11.9. The molecule has 3 aliphatic heterocycles. The molecule has 1 aromatic rings. The van der Waals surface area contributed by atoms with Crippen LogP contribution >= 0.6 is 12.6 Å². The van der Waals surface area contributed by atoms with E-state index in [-0.39, 0.29) is 23.8 Å². The normalized spacial score (nSPS) is 36.7. The molecular weight excluding hydrogens is 548 g/mol. The van der Waals surface area contributed by atoms with Crippen molar-refractivity contribution >= 4 is 29.6 Å². The van der Waals surface area contributed by atoms with Crippen LogP contribution in [0.2, 0.25) is 0 Å². The van der Waals surface area contributed by atoms with Crippen LogP contribution in [-0.4, -0.2) is 61.9 Å². The number of aliphatic hydroxyl groups excluding tert-OH is 1. The van der Waals surface area contributed by atoms with E-state index in [0.717, 1.165) is 61.6 Å². The van der Waals surface area contributed by atoms with Gasteiger partial charge in [-0.1, -0.05) is 0 Å². The van der Waals surface area contributed by atoms with E-state index in [1.807, 2.05) is 6.08 Å². The maximum absolute atomic E-state index is 11.9. The predicted octanol–water partition coefficient (Wildman–Crippen LogP) is 6.37. The van der Waals surface area contributed by atoms with Crippen molar-refractivity contribution in [1.82, 2.24) is 0 Å². The standard InChI is InChI=1S/C28H38N6O6S/c29-32-16-12-17(33-30)24-22-15(6-5-7-19(41)23(16)22)13-28(24,34-31)27-25(35)26(40-21-9-2-4-11-37-21)18(39-27)14-38-20-8-1-3-10-36-20/h12-13,18-21,25-27,29-31,35,41H,1-11,14H2/t18-,19?,20?,21?,25+,26-,27-,28?/m1/s1. The summed E-state index contributed by atoms with van der Waals surface area (Å²) >= 11 is 4.84. The van der Waals surface area contributed by atoms with Gasteiger partial charge >= 0.3 is 0 Å². The first-order valence-corrected chi connectivity index (χ1v) is 15.1. The molecule has 0 amide bonds. The molecule has 41 heavy (non-hydrogen) atoms. The molecule has 222 valence electrons. The molecule has 8 atom stereocenters. The zero-order valence-electron chi connectivity index (χ0n) is 23.0. The number of allylic oxidation sites excluding steroid dienone is 1. The molecule has 13 heteroatoms. The third kappa shape index (κ3) is 5.19. The minimum absolute atomic E-state index is 0.128. The Morgan fingerprint density at radius 3 is 2.37 bits per heavy atom. The molecule has 3 fully saturated rings. The Bertz CT molecular complexity index is 1210. The number of hydrogen-bond acceptors (Lipinski definition) is 13. The molecule has 0 saturated carbocycles. The zero-order valence-corrected chi connectivity index (χ0v) is 23.9. The number of nitrogens with one attached hydrogen (secondary N) is 3. The van der Waals surface area contributed by atoms with Gasteiger partial charge in [0.1, 0.15) is 24.4 Å². The van der Waals surface area contributed by atoms with Gasteiger partial charge in [-0.05, 0) is 81.1 Å². The molecule has 12 nitrogen and oxygen atoms in total. The highest BCUT2D eigenvalue weighted by Gasteiger charge is 2.59. The summed E-state index contributed by atoms with van der Waals surface area (Å²) in [5.74, 6) is 0. The molecule has 0 aromatic heterocycles. The van der Waals surface area contributed by atoms with E-state index in [4.69, 9.17) is 52.9 Å². The molecular formula is C28H38N6O6S. The summed E-state index contributed by atoms with van der Waals surface area (Å²) in [5, 5.41) is 23.4. The lowest BCUT2D eigenvalue weighted by molar-refractivity contribution is -0.223. The van der Waals surface area contributed by atoms with E-state index in [1.165, 1.54) is 0 Å². The van der Waals surface area contributed by atoms with Crippen LogP contribution in [0.25, 0.3) is 5.57 Å². The van der Waals surface area contributed by atoms with Crippen LogP contribution in [0.15, 0.2) is 27.5 Å². The molecule has 4 N–H and O–H groups in total. The molecule has 1 aromatic carbocycles. The van der Waals surface area contributed by atoms with Crippen LogP contribution in [0.5, 0.6) is 0 Å². The first-order valence-electron chi connectivity index (χ1n) is 14.6. The van der Waals surface area contributed by atoms with Gasteiger partial charge in [-0.15, -0.1) is 0 Å². The summed E-state index contributed by atoms with van der Waals surface area (Å²) in [6.45, 7) is 1.36. The van der Waals surface area contributed by atoms with Gasteiger partial charge in [-0.25, -0.2) is 16.6 Å². The molecule has 0 radical (unpaired) electrons.